The Balaban J connectivity index is 1.74. The van der Waals surface area contributed by atoms with Crippen molar-refractivity contribution in [3.8, 4) is 22.6 Å². The number of aliphatic hydroxyl groups is 1. The standard InChI is InChI=1S/C25H26N6O4/c1-4-7-19-26-22(25(2,3)35)20(23-27-29-30-28-23)31(19)14-15-10-12-16(13-11-15)17-8-5-6-9-18(17)21(32)24(33)34/h5-6,8-13,35H,4,7,14H2,1-3H3,(H,33,34)(H,27,28,29,30). The van der Waals surface area contributed by atoms with Crippen LogP contribution in [0.25, 0.3) is 22.6 Å². The monoisotopic (exact) mass is 474 g/mol. The number of hydrogen-bond donors (Lipinski definition) is 3. The van der Waals surface area contributed by atoms with Crippen LogP contribution in [-0.2, 0) is 23.4 Å². The van der Waals surface area contributed by atoms with Gasteiger partial charge in [0.25, 0.3) is 5.78 Å². The van der Waals surface area contributed by atoms with Gasteiger partial charge in [-0.25, -0.2) is 9.78 Å². The molecular weight excluding hydrogens is 448 g/mol. The Morgan fingerprint density at radius 2 is 1.80 bits per heavy atom. The number of carboxylic acid groups (broad SMARTS) is 1. The molecule has 0 saturated carbocycles. The van der Waals surface area contributed by atoms with Crippen molar-refractivity contribution in [3.63, 3.8) is 0 Å². The average molecular weight is 475 g/mol. The van der Waals surface area contributed by atoms with Crippen LogP contribution in [-0.4, -0.2) is 52.1 Å². The first kappa shape index (κ1) is 24.0. The van der Waals surface area contributed by atoms with Crippen LogP contribution in [0.1, 0.15) is 54.6 Å². The van der Waals surface area contributed by atoms with Crippen LogP contribution in [0.4, 0.5) is 0 Å². The summed E-state index contributed by atoms with van der Waals surface area (Å²) in [4.78, 5) is 28.1. The van der Waals surface area contributed by atoms with Gasteiger partial charge in [-0.3, -0.25) is 4.79 Å². The average Bonchev–Trinajstić information content (AvgIpc) is 3.48. The van der Waals surface area contributed by atoms with Gasteiger partial charge in [0.2, 0.25) is 5.82 Å². The van der Waals surface area contributed by atoms with E-state index < -0.39 is 17.4 Å². The summed E-state index contributed by atoms with van der Waals surface area (Å²) in [5.74, 6) is -1.30. The Kier molecular flexibility index (Phi) is 6.57. The number of hydrogen-bond acceptors (Lipinski definition) is 7. The number of Topliss-reactive ketones (excluding diaryl/α,β-unsaturated/α-hetero) is 1. The number of aryl methyl sites for hydroxylation is 1. The van der Waals surface area contributed by atoms with Gasteiger partial charge in [-0.05, 0) is 42.2 Å². The van der Waals surface area contributed by atoms with Gasteiger partial charge in [0.05, 0.1) is 0 Å². The van der Waals surface area contributed by atoms with E-state index in [-0.39, 0.29) is 5.56 Å². The highest BCUT2D eigenvalue weighted by Gasteiger charge is 2.30. The number of imidazole rings is 1. The Morgan fingerprint density at radius 1 is 1.09 bits per heavy atom. The molecule has 10 heteroatoms. The van der Waals surface area contributed by atoms with Crippen molar-refractivity contribution in [2.75, 3.05) is 0 Å². The van der Waals surface area contributed by atoms with Crippen LogP contribution in [0.2, 0.25) is 0 Å². The molecule has 0 unspecified atom stereocenters. The van der Waals surface area contributed by atoms with Crippen molar-refractivity contribution in [3.05, 3.63) is 71.2 Å². The van der Waals surface area contributed by atoms with Crippen molar-refractivity contribution in [1.29, 1.82) is 0 Å². The molecule has 0 aliphatic rings. The van der Waals surface area contributed by atoms with E-state index in [4.69, 9.17) is 10.1 Å². The second-order valence-electron chi connectivity index (χ2n) is 8.73. The van der Waals surface area contributed by atoms with E-state index in [1.165, 1.54) is 6.07 Å². The molecule has 10 nitrogen and oxygen atoms in total. The molecule has 2 aromatic carbocycles. The third kappa shape index (κ3) is 4.87. The van der Waals surface area contributed by atoms with Gasteiger partial charge in [-0.1, -0.05) is 55.5 Å². The second kappa shape index (κ2) is 9.59. The number of tetrazole rings is 1. The molecule has 0 saturated heterocycles. The first-order valence-electron chi connectivity index (χ1n) is 11.2. The quantitative estimate of drug-likeness (QED) is 0.247. The summed E-state index contributed by atoms with van der Waals surface area (Å²) in [5, 5.41) is 34.3. The molecule has 0 bridgehead atoms. The number of H-pyrrole nitrogens is 1. The molecule has 0 spiro atoms. The van der Waals surface area contributed by atoms with Crippen LogP contribution in [0.15, 0.2) is 48.5 Å². The highest BCUT2D eigenvalue weighted by atomic mass is 16.4. The van der Waals surface area contributed by atoms with Crippen LogP contribution >= 0.6 is 0 Å². The van der Waals surface area contributed by atoms with Gasteiger partial charge in [-0.15, -0.1) is 10.2 Å². The van der Waals surface area contributed by atoms with E-state index in [0.29, 0.717) is 35.7 Å². The van der Waals surface area contributed by atoms with E-state index in [0.717, 1.165) is 23.4 Å². The molecule has 0 atom stereocenters. The fraction of sp³-hybridized carbons (Fsp3) is 0.280. The lowest BCUT2D eigenvalue weighted by atomic mass is 9.96. The highest BCUT2D eigenvalue weighted by molar-refractivity contribution is 6.41. The van der Waals surface area contributed by atoms with Crippen molar-refractivity contribution in [1.82, 2.24) is 30.2 Å². The molecule has 0 radical (unpaired) electrons. The highest BCUT2D eigenvalue weighted by Crippen LogP contribution is 2.32. The maximum Gasteiger partial charge on any atom is 0.377 e. The number of aromatic nitrogens is 6. The lowest BCUT2D eigenvalue weighted by molar-refractivity contribution is -0.131. The summed E-state index contributed by atoms with van der Waals surface area (Å²) in [6.45, 7) is 5.84. The molecule has 4 aromatic rings. The molecular formula is C25H26N6O4. The van der Waals surface area contributed by atoms with Crippen molar-refractivity contribution in [2.45, 2.75) is 45.8 Å². The maximum atomic E-state index is 12.1. The number of aromatic amines is 1. The van der Waals surface area contributed by atoms with E-state index in [9.17, 15) is 14.7 Å². The molecule has 0 fully saturated rings. The van der Waals surface area contributed by atoms with E-state index in [1.807, 2.05) is 28.8 Å². The number of carbonyl (C=O) groups is 2. The predicted octanol–water partition coefficient (Wildman–Crippen LogP) is 3.23. The topological polar surface area (TPSA) is 147 Å². The summed E-state index contributed by atoms with van der Waals surface area (Å²) in [6, 6.07) is 14.2. The van der Waals surface area contributed by atoms with Gasteiger partial charge < -0.3 is 14.8 Å². The zero-order valence-electron chi connectivity index (χ0n) is 19.7. The zero-order valence-corrected chi connectivity index (χ0v) is 19.7. The number of carboxylic acids is 1. The summed E-state index contributed by atoms with van der Waals surface area (Å²) in [6.07, 6.45) is 1.56. The van der Waals surface area contributed by atoms with Crippen LogP contribution < -0.4 is 0 Å². The van der Waals surface area contributed by atoms with Crippen LogP contribution in [0.3, 0.4) is 0 Å². The Morgan fingerprint density at radius 3 is 2.40 bits per heavy atom. The van der Waals surface area contributed by atoms with E-state index in [1.54, 1.807) is 32.0 Å². The molecule has 3 N–H and O–H groups in total. The minimum absolute atomic E-state index is 0.141. The lowest BCUT2D eigenvalue weighted by Crippen LogP contribution is -2.18. The Hall–Kier alpha value is -4.18. The van der Waals surface area contributed by atoms with Crippen molar-refractivity contribution in [2.24, 2.45) is 0 Å². The Bertz CT molecular complexity index is 1350. The van der Waals surface area contributed by atoms with Crippen molar-refractivity contribution >= 4 is 11.8 Å². The molecule has 35 heavy (non-hydrogen) atoms. The molecule has 180 valence electrons. The number of carbonyl (C=O) groups excluding carboxylic acids is 1. The molecule has 0 amide bonds. The fourth-order valence-electron chi connectivity index (χ4n) is 4.02. The third-order valence-electron chi connectivity index (χ3n) is 5.63. The number of aliphatic carboxylic acids is 1. The predicted molar refractivity (Wildman–Crippen MR) is 128 cm³/mol. The summed E-state index contributed by atoms with van der Waals surface area (Å²) >= 11 is 0. The van der Waals surface area contributed by atoms with Gasteiger partial charge >= 0.3 is 5.97 Å². The minimum Gasteiger partial charge on any atom is -0.475 e. The van der Waals surface area contributed by atoms with Gasteiger partial charge in [0.15, 0.2) is 0 Å². The van der Waals surface area contributed by atoms with Gasteiger partial charge in [-0.2, -0.15) is 5.21 Å². The van der Waals surface area contributed by atoms with E-state index in [2.05, 4.69) is 27.5 Å². The third-order valence-corrected chi connectivity index (χ3v) is 5.63. The largest absolute Gasteiger partial charge is 0.475 e. The maximum absolute atomic E-state index is 12.1. The first-order valence-corrected chi connectivity index (χ1v) is 11.2. The van der Waals surface area contributed by atoms with Gasteiger partial charge in [0.1, 0.15) is 22.8 Å². The molecule has 2 heterocycles. The second-order valence-corrected chi connectivity index (χ2v) is 8.73. The van der Waals surface area contributed by atoms with Crippen molar-refractivity contribution < 1.29 is 19.8 Å². The number of ketones is 1. The zero-order chi connectivity index (χ0) is 25.2. The van der Waals surface area contributed by atoms with Gasteiger partial charge in [0, 0.05) is 18.5 Å². The Labute approximate surface area is 201 Å². The number of nitrogens with zero attached hydrogens (tertiary/aromatic N) is 5. The normalized spacial score (nSPS) is 11.5. The molecule has 0 aliphatic carbocycles. The minimum atomic E-state index is -1.49. The number of benzene rings is 2. The number of nitrogens with one attached hydrogen (secondary N) is 1. The van der Waals surface area contributed by atoms with E-state index >= 15 is 0 Å². The first-order chi connectivity index (χ1) is 16.7. The summed E-state index contributed by atoms with van der Waals surface area (Å²) in [5.41, 5.74) is 2.22. The molecule has 2 aromatic heterocycles. The molecule has 4 rings (SSSR count). The SMILES string of the molecule is CCCc1nc(C(C)(C)O)c(-c2nn[nH]n2)n1Cc1ccc(-c2ccccc2C(=O)C(=O)O)cc1. The number of rotatable bonds is 9. The molecule has 0 aliphatic heterocycles. The fourth-order valence-corrected chi connectivity index (χ4v) is 4.02. The lowest BCUT2D eigenvalue weighted by Gasteiger charge is -2.17. The smallest absolute Gasteiger partial charge is 0.377 e. The summed E-state index contributed by atoms with van der Waals surface area (Å²) < 4.78 is 1.98. The summed E-state index contributed by atoms with van der Waals surface area (Å²) in [7, 11) is 0. The van der Waals surface area contributed by atoms with Crippen LogP contribution in [0, 0.1) is 0 Å². The van der Waals surface area contributed by atoms with Crippen LogP contribution in [0.5, 0.6) is 0 Å².